The lowest BCUT2D eigenvalue weighted by molar-refractivity contribution is -0.141. The largest absolute Gasteiger partial charge is 0.444 e. The average molecular weight is 530 g/mol. The van der Waals surface area contributed by atoms with Crippen molar-refractivity contribution in [3.63, 3.8) is 0 Å². The van der Waals surface area contributed by atoms with Crippen molar-refractivity contribution in [1.29, 1.82) is 0 Å². The zero-order chi connectivity index (χ0) is 26.0. The first-order valence-corrected chi connectivity index (χ1v) is 13.6. The fraction of sp³-hybridized carbons (Fsp3) is 0.652. The number of nitrogens with one attached hydrogen (secondary N) is 1. The normalized spacial score (nSPS) is 24.3. The Bertz CT molecular complexity index is 1060. The van der Waals surface area contributed by atoms with E-state index in [1.54, 1.807) is 11.5 Å². The molecule has 1 aromatic rings. The minimum Gasteiger partial charge on any atom is -0.444 e. The van der Waals surface area contributed by atoms with Crippen molar-refractivity contribution in [1.82, 2.24) is 14.7 Å². The molecule has 1 atom stereocenters. The van der Waals surface area contributed by atoms with Gasteiger partial charge in [-0.3, -0.25) is 10.0 Å². The zero-order valence-corrected chi connectivity index (χ0v) is 20.7. The molecule has 3 N–H and O–H groups in total. The molecule has 3 aliphatic heterocycles. The van der Waals surface area contributed by atoms with Gasteiger partial charge in [-0.15, -0.1) is 0 Å². The van der Waals surface area contributed by atoms with Gasteiger partial charge >= 0.3 is 6.09 Å². The Morgan fingerprint density at radius 3 is 2.39 bits per heavy atom. The highest BCUT2D eigenvalue weighted by Crippen LogP contribution is 2.38. The topological polar surface area (TPSA) is 146 Å². The third-order valence-corrected chi connectivity index (χ3v) is 9.56. The Balaban J connectivity index is 1.40. The van der Waals surface area contributed by atoms with Gasteiger partial charge in [0.15, 0.2) is 0 Å². The number of rotatable bonds is 6. The maximum absolute atomic E-state index is 14.2. The van der Waals surface area contributed by atoms with E-state index in [4.69, 9.17) is 9.47 Å². The number of nitrogens with zero attached hydrogens (tertiary/aromatic N) is 2. The van der Waals surface area contributed by atoms with Crippen molar-refractivity contribution < 1.29 is 42.2 Å². The molecule has 0 bridgehead atoms. The van der Waals surface area contributed by atoms with Crippen LogP contribution >= 0.6 is 0 Å². The van der Waals surface area contributed by atoms with Crippen LogP contribution in [0.1, 0.15) is 37.7 Å². The van der Waals surface area contributed by atoms with Gasteiger partial charge in [0.05, 0.1) is 30.0 Å². The summed E-state index contributed by atoms with van der Waals surface area (Å²) in [5.74, 6) is -1.95. The molecule has 4 rings (SSSR count). The molecule has 36 heavy (non-hydrogen) atoms. The lowest BCUT2D eigenvalue weighted by Crippen LogP contribution is -2.55. The number of sulfonamides is 1. The second-order valence-electron chi connectivity index (χ2n) is 9.74. The number of hydroxylamine groups is 1. The van der Waals surface area contributed by atoms with Crippen LogP contribution < -0.4 is 5.48 Å². The molecular formula is C23H32FN3O8S. The molecule has 3 heterocycles. The molecule has 1 unspecified atom stereocenters. The zero-order valence-electron chi connectivity index (χ0n) is 19.9. The van der Waals surface area contributed by atoms with Crippen LogP contribution in [0.15, 0.2) is 24.3 Å². The monoisotopic (exact) mass is 529 g/mol. The average Bonchev–Trinajstić information content (AvgIpc) is 3.37. The maximum atomic E-state index is 14.2. The van der Waals surface area contributed by atoms with Gasteiger partial charge in [0.25, 0.3) is 5.91 Å². The highest BCUT2D eigenvalue weighted by Gasteiger charge is 2.48. The first kappa shape index (κ1) is 26.7. The molecule has 11 nitrogen and oxygen atoms in total. The minimum absolute atomic E-state index is 0.00312. The number of amides is 2. The highest BCUT2D eigenvalue weighted by atomic mass is 32.2. The summed E-state index contributed by atoms with van der Waals surface area (Å²) in [4.78, 5) is 26.5. The van der Waals surface area contributed by atoms with Crippen molar-refractivity contribution in [2.24, 2.45) is 5.41 Å². The van der Waals surface area contributed by atoms with Crippen LogP contribution in [0.3, 0.4) is 0 Å². The Morgan fingerprint density at radius 1 is 1.14 bits per heavy atom. The number of benzene rings is 1. The van der Waals surface area contributed by atoms with Crippen molar-refractivity contribution in [2.75, 3.05) is 45.1 Å². The van der Waals surface area contributed by atoms with E-state index in [0.717, 1.165) is 0 Å². The van der Waals surface area contributed by atoms with E-state index in [-0.39, 0.29) is 63.5 Å². The molecule has 3 saturated heterocycles. The second-order valence-corrected chi connectivity index (χ2v) is 11.7. The molecule has 1 aromatic carbocycles. The third kappa shape index (κ3) is 5.49. The Kier molecular flexibility index (Phi) is 7.86. The van der Waals surface area contributed by atoms with Crippen LogP contribution in [0.4, 0.5) is 9.18 Å². The van der Waals surface area contributed by atoms with Gasteiger partial charge < -0.3 is 19.5 Å². The predicted octanol–water partition coefficient (Wildman–Crippen LogP) is 0.952. The second kappa shape index (κ2) is 10.6. The molecular weight excluding hydrogens is 497 g/mol. The standard InChI is InChI=1S/C23H32FN3O8S/c24-19-4-2-1-3-18(19)23(30)8-12-27(13-9-23)36(32,33)16-22(20(28)25-31)6-10-26(11-7-22)21(29)35-17-5-14-34-15-17/h1-4,17,30-31H,5-16H2,(H,25,28). The molecule has 0 aliphatic carbocycles. The molecule has 0 aromatic heterocycles. The van der Waals surface area contributed by atoms with Gasteiger partial charge in [-0.05, 0) is 31.7 Å². The molecule has 0 saturated carbocycles. The summed E-state index contributed by atoms with van der Waals surface area (Å²) < 4.78 is 52.7. The number of carbonyl (C=O) groups is 2. The summed E-state index contributed by atoms with van der Waals surface area (Å²) in [6, 6.07) is 5.86. The number of ether oxygens (including phenoxy) is 2. The lowest BCUT2D eigenvalue weighted by Gasteiger charge is -2.42. The minimum atomic E-state index is -3.99. The summed E-state index contributed by atoms with van der Waals surface area (Å²) in [5.41, 5.74) is -1.22. The first-order valence-electron chi connectivity index (χ1n) is 12.0. The summed E-state index contributed by atoms with van der Waals surface area (Å²) in [6.07, 6.45) is -0.240. The van der Waals surface area contributed by atoms with Gasteiger partial charge in [0.1, 0.15) is 11.9 Å². The molecule has 3 aliphatic rings. The number of likely N-dealkylation sites (tertiary alicyclic amines) is 1. The summed E-state index contributed by atoms with van der Waals surface area (Å²) in [6.45, 7) is 0.920. The van der Waals surface area contributed by atoms with E-state index in [1.165, 1.54) is 27.4 Å². The Labute approximate surface area is 209 Å². The smallest absolute Gasteiger partial charge is 0.410 e. The van der Waals surface area contributed by atoms with Gasteiger partial charge in [-0.25, -0.2) is 27.4 Å². The molecule has 200 valence electrons. The molecule has 0 radical (unpaired) electrons. The third-order valence-electron chi connectivity index (χ3n) is 7.49. The fourth-order valence-electron chi connectivity index (χ4n) is 5.18. The van der Waals surface area contributed by atoms with E-state index in [9.17, 15) is 32.7 Å². The van der Waals surface area contributed by atoms with E-state index >= 15 is 0 Å². The Hall–Kier alpha value is -2.32. The summed E-state index contributed by atoms with van der Waals surface area (Å²) >= 11 is 0. The van der Waals surface area contributed by atoms with Crippen LogP contribution in [-0.4, -0.2) is 91.2 Å². The fourth-order valence-corrected chi connectivity index (χ4v) is 7.22. The number of aliphatic hydroxyl groups is 1. The molecule has 0 spiro atoms. The number of carbonyl (C=O) groups excluding carboxylic acids is 2. The predicted molar refractivity (Wildman–Crippen MR) is 124 cm³/mol. The first-order chi connectivity index (χ1) is 17.1. The quantitative estimate of drug-likeness (QED) is 0.365. The van der Waals surface area contributed by atoms with Gasteiger partial charge in [0, 0.05) is 38.2 Å². The lowest BCUT2D eigenvalue weighted by atomic mass is 9.79. The summed E-state index contributed by atoms with van der Waals surface area (Å²) in [5, 5.41) is 20.3. The molecule has 13 heteroatoms. The van der Waals surface area contributed by atoms with E-state index in [0.29, 0.717) is 19.6 Å². The molecule has 2 amide bonds. The van der Waals surface area contributed by atoms with Crippen molar-refractivity contribution in [2.45, 2.75) is 43.8 Å². The van der Waals surface area contributed by atoms with Crippen molar-refractivity contribution in [3.05, 3.63) is 35.6 Å². The van der Waals surface area contributed by atoms with Gasteiger partial charge in [-0.1, -0.05) is 18.2 Å². The Morgan fingerprint density at radius 2 is 1.81 bits per heavy atom. The van der Waals surface area contributed by atoms with Crippen LogP contribution in [-0.2, 0) is 29.9 Å². The van der Waals surface area contributed by atoms with Gasteiger partial charge in [0.2, 0.25) is 10.0 Å². The SMILES string of the molecule is O=C(OC1CCOC1)N1CCC(CS(=O)(=O)N2CCC(O)(c3ccccc3F)CC2)(C(=O)NO)CC1. The number of piperidine rings is 2. The van der Waals surface area contributed by atoms with E-state index in [1.807, 2.05) is 0 Å². The highest BCUT2D eigenvalue weighted by molar-refractivity contribution is 7.89. The number of halogens is 1. The van der Waals surface area contributed by atoms with Crippen molar-refractivity contribution >= 4 is 22.0 Å². The van der Waals surface area contributed by atoms with Gasteiger partial charge in [-0.2, -0.15) is 0 Å². The van der Waals surface area contributed by atoms with Crippen LogP contribution in [0.5, 0.6) is 0 Å². The molecule has 3 fully saturated rings. The van der Waals surface area contributed by atoms with E-state index in [2.05, 4.69) is 0 Å². The maximum Gasteiger partial charge on any atom is 0.410 e. The number of hydrogen-bond donors (Lipinski definition) is 3. The van der Waals surface area contributed by atoms with Crippen LogP contribution in [0.25, 0.3) is 0 Å². The van der Waals surface area contributed by atoms with E-state index < -0.39 is 44.6 Å². The van der Waals surface area contributed by atoms with Crippen LogP contribution in [0, 0.1) is 11.2 Å². The summed E-state index contributed by atoms with van der Waals surface area (Å²) in [7, 11) is -3.99. The number of hydrogen-bond acceptors (Lipinski definition) is 8. The van der Waals surface area contributed by atoms with Crippen LogP contribution in [0.2, 0.25) is 0 Å². The van der Waals surface area contributed by atoms with Crippen molar-refractivity contribution in [3.8, 4) is 0 Å².